The van der Waals surface area contributed by atoms with E-state index in [0.29, 0.717) is 0 Å². The van der Waals surface area contributed by atoms with Crippen LogP contribution in [0, 0.1) is 20.8 Å². The lowest BCUT2D eigenvalue weighted by molar-refractivity contribution is 1.19. The van der Waals surface area contributed by atoms with Gasteiger partial charge in [0.25, 0.3) is 0 Å². The number of anilines is 3. The highest BCUT2D eigenvalue weighted by molar-refractivity contribution is 5.93. The summed E-state index contributed by atoms with van der Waals surface area (Å²) in [5.41, 5.74) is 22.1. The smallest absolute Gasteiger partial charge is 0.0462 e. The molecular formula is C58H47N. The van der Waals surface area contributed by atoms with Crippen LogP contribution < -0.4 is 4.90 Å². The Kier molecular flexibility index (Phi) is 10.6. The number of para-hydroxylation sites is 2. The van der Waals surface area contributed by atoms with Crippen LogP contribution in [0.4, 0.5) is 17.1 Å². The van der Waals surface area contributed by atoms with Crippen LogP contribution in [0.2, 0.25) is 0 Å². The SMILES string of the molecule is Cc1ccc(-c2ccc(Cc3ccccc3)cc2)cc1-c1ccccc1-c1cc(-c2ccc(N(c3ccccc3)c3ccccc3)cc2)cc(-c2ccccc2C)c1C. The fourth-order valence-electron chi connectivity index (χ4n) is 8.41. The molecule has 0 aromatic heterocycles. The van der Waals surface area contributed by atoms with Crippen LogP contribution in [0.5, 0.6) is 0 Å². The second-order valence-electron chi connectivity index (χ2n) is 15.5. The first-order valence-electron chi connectivity index (χ1n) is 20.6. The third kappa shape index (κ3) is 7.89. The Morgan fingerprint density at radius 3 is 1.31 bits per heavy atom. The highest BCUT2D eigenvalue weighted by Gasteiger charge is 2.19. The molecule has 0 unspecified atom stereocenters. The summed E-state index contributed by atoms with van der Waals surface area (Å²) in [6, 6.07) is 79.4. The van der Waals surface area contributed by atoms with Gasteiger partial charge in [-0.25, -0.2) is 0 Å². The topological polar surface area (TPSA) is 3.24 Å². The van der Waals surface area contributed by atoms with Gasteiger partial charge in [0.1, 0.15) is 0 Å². The number of aryl methyl sites for hydroxylation is 2. The van der Waals surface area contributed by atoms with Crippen LogP contribution in [0.3, 0.4) is 0 Å². The Balaban J connectivity index is 1.13. The second kappa shape index (κ2) is 16.7. The van der Waals surface area contributed by atoms with Crippen molar-refractivity contribution in [3.63, 3.8) is 0 Å². The second-order valence-corrected chi connectivity index (χ2v) is 15.5. The summed E-state index contributed by atoms with van der Waals surface area (Å²) in [7, 11) is 0. The van der Waals surface area contributed by atoms with Crippen LogP contribution in [-0.2, 0) is 6.42 Å². The lowest BCUT2D eigenvalue weighted by Gasteiger charge is -2.25. The van der Waals surface area contributed by atoms with Gasteiger partial charge in [-0.05, 0) is 165 Å². The minimum Gasteiger partial charge on any atom is -0.311 e. The van der Waals surface area contributed by atoms with E-state index in [2.05, 4.69) is 244 Å². The van der Waals surface area contributed by atoms with Crippen molar-refractivity contribution in [2.75, 3.05) is 4.90 Å². The summed E-state index contributed by atoms with van der Waals surface area (Å²) in [5, 5.41) is 0. The van der Waals surface area contributed by atoms with Gasteiger partial charge in [-0.1, -0.05) is 164 Å². The van der Waals surface area contributed by atoms with E-state index in [1.54, 1.807) is 0 Å². The Hall–Kier alpha value is -7.22. The highest BCUT2D eigenvalue weighted by Crippen LogP contribution is 2.43. The van der Waals surface area contributed by atoms with Gasteiger partial charge in [-0.3, -0.25) is 0 Å². The fourth-order valence-corrected chi connectivity index (χ4v) is 8.41. The van der Waals surface area contributed by atoms with Crippen molar-refractivity contribution in [1.29, 1.82) is 0 Å². The molecular weight excluding hydrogens is 711 g/mol. The largest absolute Gasteiger partial charge is 0.311 e. The predicted molar refractivity (Wildman–Crippen MR) is 252 cm³/mol. The molecule has 0 amide bonds. The standard InChI is InChI=1S/C58H47N/c1-41-17-13-14-24-53(41)57-39-49(47-33-35-52(36-34-47)59(50-20-9-5-10-21-50)51-22-11-6-12-23-51)40-58(43(57)3)55-26-16-15-25-54(55)56-38-48(30-27-42(56)2)46-31-28-45(29-32-46)37-44-18-7-4-8-19-44/h4-36,38-40H,37H2,1-3H3. The van der Waals surface area contributed by atoms with Crippen molar-refractivity contribution in [2.24, 2.45) is 0 Å². The van der Waals surface area contributed by atoms with E-state index in [4.69, 9.17) is 0 Å². The third-order valence-corrected chi connectivity index (χ3v) is 11.6. The molecule has 9 rings (SSSR count). The number of hydrogen-bond donors (Lipinski definition) is 0. The maximum absolute atomic E-state index is 2.40. The average Bonchev–Trinajstić information content (AvgIpc) is 3.29. The van der Waals surface area contributed by atoms with Crippen molar-refractivity contribution >= 4 is 17.1 Å². The summed E-state index contributed by atoms with van der Waals surface area (Å²) in [4.78, 5) is 2.31. The molecule has 284 valence electrons. The normalized spacial score (nSPS) is 11.0. The van der Waals surface area contributed by atoms with E-state index >= 15 is 0 Å². The number of hydrogen-bond acceptors (Lipinski definition) is 1. The van der Waals surface area contributed by atoms with E-state index in [1.165, 1.54) is 83.5 Å². The summed E-state index contributed by atoms with van der Waals surface area (Å²) in [6.07, 6.45) is 0.931. The summed E-state index contributed by atoms with van der Waals surface area (Å²) in [6.45, 7) is 6.74. The molecule has 0 saturated carbocycles. The number of nitrogens with zero attached hydrogens (tertiary/aromatic N) is 1. The average molecular weight is 758 g/mol. The van der Waals surface area contributed by atoms with Crippen molar-refractivity contribution in [3.8, 4) is 55.6 Å². The first kappa shape index (κ1) is 37.4. The van der Waals surface area contributed by atoms with Gasteiger partial charge in [0.2, 0.25) is 0 Å². The number of rotatable bonds is 10. The van der Waals surface area contributed by atoms with Crippen LogP contribution >= 0.6 is 0 Å². The first-order chi connectivity index (χ1) is 29.0. The molecule has 0 saturated heterocycles. The molecule has 1 heteroatoms. The summed E-state index contributed by atoms with van der Waals surface area (Å²) in [5.74, 6) is 0. The van der Waals surface area contributed by atoms with E-state index < -0.39 is 0 Å². The van der Waals surface area contributed by atoms with Crippen LogP contribution in [0.25, 0.3) is 55.6 Å². The van der Waals surface area contributed by atoms with Crippen molar-refractivity contribution in [1.82, 2.24) is 0 Å². The molecule has 0 aliphatic rings. The minimum atomic E-state index is 0.931. The monoisotopic (exact) mass is 757 g/mol. The Labute approximate surface area is 349 Å². The maximum atomic E-state index is 2.40. The zero-order valence-corrected chi connectivity index (χ0v) is 33.9. The van der Waals surface area contributed by atoms with Gasteiger partial charge in [0.15, 0.2) is 0 Å². The molecule has 0 N–H and O–H groups in total. The maximum Gasteiger partial charge on any atom is 0.0462 e. The molecule has 0 aliphatic heterocycles. The zero-order valence-electron chi connectivity index (χ0n) is 33.9. The van der Waals surface area contributed by atoms with Gasteiger partial charge >= 0.3 is 0 Å². The zero-order chi connectivity index (χ0) is 40.1. The molecule has 9 aromatic rings. The molecule has 0 bridgehead atoms. The summed E-state index contributed by atoms with van der Waals surface area (Å²) >= 11 is 0. The van der Waals surface area contributed by atoms with Gasteiger partial charge in [-0.2, -0.15) is 0 Å². The van der Waals surface area contributed by atoms with Gasteiger partial charge < -0.3 is 4.90 Å². The molecule has 9 aromatic carbocycles. The molecule has 0 fully saturated rings. The minimum absolute atomic E-state index is 0.931. The molecule has 0 aliphatic carbocycles. The van der Waals surface area contributed by atoms with Crippen LogP contribution in [0.15, 0.2) is 218 Å². The van der Waals surface area contributed by atoms with E-state index in [-0.39, 0.29) is 0 Å². The van der Waals surface area contributed by atoms with Gasteiger partial charge in [0, 0.05) is 17.1 Å². The van der Waals surface area contributed by atoms with E-state index in [0.717, 1.165) is 23.5 Å². The van der Waals surface area contributed by atoms with E-state index in [9.17, 15) is 0 Å². The molecule has 0 heterocycles. The number of benzene rings is 9. The predicted octanol–water partition coefficient (Wildman–Crippen LogP) is 16.0. The Bertz CT molecular complexity index is 2800. The van der Waals surface area contributed by atoms with Gasteiger partial charge in [0.05, 0.1) is 0 Å². The van der Waals surface area contributed by atoms with E-state index in [1.807, 2.05) is 0 Å². The van der Waals surface area contributed by atoms with Crippen molar-refractivity contribution < 1.29 is 0 Å². The summed E-state index contributed by atoms with van der Waals surface area (Å²) < 4.78 is 0. The molecule has 59 heavy (non-hydrogen) atoms. The van der Waals surface area contributed by atoms with Crippen molar-refractivity contribution in [2.45, 2.75) is 27.2 Å². The third-order valence-electron chi connectivity index (χ3n) is 11.6. The Morgan fingerprint density at radius 2 is 0.695 bits per heavy atom. The van der Waals surface area contributed by atoms with Gasteiger partial charge in [-0.15, -0.1) is 0 Å². The fraction of sp³-hybridized carbons (Fsp3) is 0.0690. The first-order valence-corrected chi connectivity index (χ1v) is 20.6. The van der Waals surface area contributed by atoms with Crippen LogP contribution in [-0.4, -0.2) is 0 Å². The molecule has 0 spiro atoms. The Morgan fingerprint density at radius 1 is 0.288 bits per heavy atom. The molecule has 1 nitrogen and oxygen atoms in total. The van der Waals surface area contributed by atoms with Crippen molar-refractivity contribution in [3.05, 3.63) is 246 Å². The highest BCUT2D eigenvalue weighted by atomic mass is 15.1. The lowest BCUT2D eigenvalue weighted by Crippen LogP contribution is -2.09. The molecule has 0 radical (unpaired) electrons. The molecule has 0 atom stereocenters. The van der Waals surface area contributed by atoms with Crippen LogP contribution in [0.1, 0.15) is 27.8 Å². The lowest BCUT2D eigenvalue weighted by atomic mass is 9.84. The quantitative estimate of drug-likeness (QED) is 0.134.